The van der Waals surface area contributed by atoms with E-state index in [4.69, 9.17) is 18.6 Å². The molecule has 1 atom stereocenters. The van der Waals surface area contributed by atoms with Crippen LogP contribution in [-0.2, 0) is 11.3 Å². The molecule has 0 aliphatic carbocycles. The molecular formula is C32H33NO6. The minimum absolute atomic E-state index is 0.0934. The second kappa shape index (κ2) is 11.7. The molecule has 0 bridgehead atoms. The number of hydrogen-bond acceptors (Lipinski definition) is 6. The standard InChI is InChI=1S/C32H33NO6/c1-4-36-27-19-23(15-16-26(27)38-20-22-11-6-5-7-12-22)29-28-30(34)24-13-8-9-14-25(24)39-31(28)32(35)33(29)17-10-18-37-21(2)3/h5-9,11-16,19,21,29H,4,10,17-18,20H2,1-3H3. The van der Waals surface area contributed by atoms with Crippen molar-refractivity contribution in [3.8, 4) is 11.5 Å². The van der Waals surface area contributed by atoms with Crippen LogP contribution in [0.3, 0.4) is 0 Å². The number of amides is 1. The van der Waals surface area contributed by atoms with Gasteiger partial charge in [-0.25, -0.2) is 0 Å². The highest BCUT2D eigenvalue weighted by Crippen LogP contribution is 2.41. The Morgan fingerprint density at radius 1 is 0.923 bits per heavy atom. The summed E-state index contributed by atoms with van der Waals surface area (Å²) in [5.41, 5.74) is 2.35. The number of para-hydroxylation sites is 1. The first-order valence-electron chi connectivity index (χ1n) is 13.4. The maximum atomic E-state index is 13.7. The number of ether oxygens (including phenoxy) is 3. The third-order valence-electron chi connectivity index (χ3n) is 6.69. The average molecular weight is 528 g/mol. The Bertz CT molecular complexity index is 1510. The van der Waals surface area contributed by atoms with Crippen molar-refractivity contribution in [2.24, 2.45) is 0 Å². The quantitative estimate of drug-likeness (QED) is 0.218. The van der Waals surface area contributed by atoms with Crippen LogP contribution in [-0.4, -0.2) is 36.7 Å². The number of benzene rings is 3. The molecule has 1 amide bonds. The van der Waals surface area contributed by atoms with Crippen LogP contribution in [0.2, 0.25) is 0 Å². The van der Waals surface area contributed by atoms with Gasteiger partial charge in [0.1, 0.15) is 12.2 Å². The molecule has 2 heterocycles. The van der Waals surface area contributed by atoms with Crippen molar-refractivity contribution in [1.29, 1.82) is 0 Å². The Labute approximate surface area is 227 Å². The van der Waals surface area contributed by atoms with Gasteiger partial charge in [-0.1, -0.05) is 48.5 Å². The fraction of sp³-hybridized carbons (Fsp3) is 0.312. The molecule has 0 N–H and O–H groups in total. The van der Waals surface area contributed by atoms with Gasteiger partial charge in [0, 0.05) is 13.2 Å². The molecule has 1 aliphatic heterocycles. The second-order valence-corrected chi connectivity index (χ2v) is 9.76. The number of hydrogen-bond donors (Lipinski definition) is 0. The van der Waals surface area contributed by atoms with Gasteiger partial charge < -0.3 is 23.5 Å². The lowest BCUT2D eigenvalue weighted by atomic mass is 9.98. The van der Waals surface area contributed by atoms with Gasteiger partial charge in [-0.05, 0) is 62.6 Å². The van der Waals surface area contributed by atoms with Gasteiger partial charge in [-0.15, -0.1) is 0 Å². The van der Waals surface area contributed by atoms with E-state index in [1.807, 2.05) is 69.3 Å². The van der Waals surface area contributed by atoms with Gasteiger partial charge in [0.15, 0.2) is 16.9 Å². The van der Waals surface area contributed by atoms with Crippen LogP contribution in [0, 0.1) is 0 Å². The molecule has 4 aromatic rings. The Morgan fingerprint density at radius 2 is 1.69 bits per heavy atom. The van der Waals surface area contributed by atoms with Gasteiger partial charge in [0.05, 0.1) is 29.7 Å². The van der Waals surface area contributed by atoms with Crippen molar-refractivity contribution >= 4 is 16.9 Å². The monoisotopic (exact) mass is 527 g/mol. The topological polar surface area (TPSA) is 78.2 Å². The van der Waals surface area contributed by atoms with Gasteiger partial charge in [0.25, 0.3) is 5.91 Å². The lowest BCUT2D eigenvalue weighted by molar-refractivity contribution is 0.0593. The van der Waals surface area contributed by atoms with E-state index in [9.17, 15) is 9.59 Å². The Hall–Kier alpha value is -4.10. The Morgan fingerprint density at radius 3 is 2.46 bits per heavy atom. The molecule has 7 heteroatoms. The van der Waals surface area contributed by atoms with Gasteiger partial charge in [-0.2, -0.15) is 0 Å². The van der Waals surface area contributed by atoms with Crippen LogP contribution >= 0.6 is 0 Å². The molecule has 7 nitrogen and oxygen atoms in total. The summed E-state index contributed by atoms with van der Waals surface area (Å²) >= 11 is 0. The molecule has 0 radical (unpaired) electrons. The lowest BCUT2D eigenvalue weighted by Gasteiger charge is -2.26. The number of rotatable bonds is 11. The zero-order valence-electron chi connectivity index (χ0n) is 22.5. The SMILES string of the molecule is CCOc1cc(C2c3c(oc4ccccc4c3=O)C(=O)N2CCCOC(C)C)ccc1OCc1ccccc1. The smallest absolute Gasteiger partial charge is 0.290 e. The van der Waals surface area contributed by atoms with Crippen LogP contribution in [0.4, 0.5) is 0 Å². The predicted octanol–water partition coefficient (Wildman–Crippen LogP) is 6.13. The largest absolute Gasteiger partial charge is 0.490 e. The molecule has 0 fully saturated rings. The Kier molecular flexibility index (Phi) is 7.98. The van der Waals surface area contributed by atoms with E-state index < -0.39 is 6.04 Å². The van der Waals surface area contributed by atoms with Crippen molar-refractivity contribution in [2.45, 2.75) is 45.9 Å². The highest BCUT2D eigenvalue weighted by atomic mass is 16.5. The first-order chi connectivity index (χ1) is 19.0. The first kappa shape index (κ1) is 26.5. The van der Waals surface area contributed by atoms with Crippen LogP contribution in [0.5, 0.6) is 11.5 Å². The molecule has 202 valence electrons. The summed E-state index contributed by atoms with van der Waals surface area (Å²) in [6.45, 7) is 7.60. The minimum atomic E-state index is -0.616. The van der Waals surface area contributed by atoms with Gasteiger partial charge in [0.2, 0.25) is 5.76 Å². The van der Waals surface area contributed by atoms with E-state index in [0.717, 1.165) is 11.1 Å². The summed E-state index contributed by atoms with van der Waals surface area (Å²) in [5, 5.41) is 0.451. The van der Waals surface area contributed by atoms with Crippen LogP contribution < -0.4 is 14.9 Å². The van der Waals surface area contributed by atoms with Crippen molar-refractivity contribution in [1.82, 2.24) is 4.90 Å². The van der Waals surface area contributed by atoms with E-state index >= 15 is 0 Å². The van der Waals surface area contributed by atoms with E-state index in [1.54, 1.807) is 29.2 Å². The molecule has 5 rings (SSSR count). The van der Waals surface area contributed by atoms with Crippen LogP contribution in [0.15, 0.2) is 82.0 Å². The zero-order chi connectivity index (χ0) is 27.4. The third-order valence-corrected chi connectivity index (χ3v) is 6.69. The summed E-state index contributed by atoms with van der Waals surface area (Å²) in [5.74, 6) is 0.942. The third kappa shape index (κ3) is 5.54. The highest BCUT2D eigenvalue weighted by Gasteiger charge is 2.42. The van der Waals surface area contributed by atoms with E-state index in [-0.39, 0.29) is 23.2 Å². The van der Waals surface area contributed by atoms with Crippen molar-refractivity contribution in [3.63, 3.8) is 0 Å². The van der Waals surface area contributed by atoms with Crippen molar-refractivity contribution < 1.29 is 23.4 Å². The molecule has 3 aromatic carbocycles. The van der Waals surface area contributed by atoms with E-state index in [2.05, 4.69) is 0 Å². The van der Waals surface area contributed by atoms with Crippen LogP contribution in [0.1, 0.15) is 60.5 Å². The molecule has 1 unspecified atom stereocenters. The average Bonchev–Trinajstić information content (AvgIpc) is 3.22. The van der Waals surface area contributed by atoms with Crippen molar-refractivity contribution in [3.05, 3.63) is 105 Å². The minimum Gasteiger partial charge on any atom is -0.490 e. The Balaban J connectivity index is 1.54. The lowest BCUT2D eigenvalue weighted by Crippen LogP contribution is -2.31. The van der Waals surface area contributed by atoms with E-state index in [0.29, 0.717) is 60.8 Å². The van der Waals surface area contributed by atoms with Gasteiger partial charge >= 0.3 is 0 Å². The van der Waals surface area contributed by atoms with Crippen molar-refractivity contribution in [2.75, 3.05) is 19.8 Å². The summed E-state index contributed by atoms with van der Waals surface area (Å²) in [6, 6.07) is 21.9. The summed E-state index contributed by atoms with van der Waals surface area (Å²) in [4.78, 5) is 29.1. The van der Waals surface area contributed by atoms with Crippen LogP contribution in [0.25, 0.3) is 11.0 Å². The number of carbonyl (C=O) groups excluding carboxylic acids is 1. The molecule has 1 aliphatic rings. The number of fused-ring (bicyclic) bond motifs is 2. The maximum Gasteiger partial charge on any atom is 0.290 e. The summed E-state index contributed by atoms with van der Waals surface area (Å²) in [6.07, 6.45) is 0.719. The fourth-order valence-electron chi connectivity index (χ4n) is 4.92. The number of carbonyl (C=O) groups is 1. The molecule has 0 saturated carbocycles. The van der Waals surface area contributed by atoms with Gasteiger partial charge in [-0.3, -0.25) is 9.59 Å². The molecule has 0 spiro atoms. The first-order valence-corrected chi connectivity index (χ1v) is 13.4. The van der Waals surface area contributed by atoms with E-state index in [1.165, 1.54) is 0 Å². The zero-order valence-corrected chi connectivity index (χ0v) is 22.5. The molecule has 0 saturated heterocycles. The summed E-state index contributed by atoms with van der Waals surface area (Å²) in [7, 11) is 0. The maximum absolute atomic E-state index is 13.7. The highest BCUT2D eigenvalue weighted by molar-refractivity contribution is 5.99. The number of nitrogens with zero attached hydrogens (tertiary/aromatic N) is 1. The molecule has 1 aromatic heterocycles. The predicted molar refractivity (Wildman–Crippen MR) is 149 cm³/mol. The molecular weight excluding hydrogens is 494 g/mol. The second-order valence-electron chi connectivity index (χ2n) is 9.76. The normalized spacial score (nSPS) is 14.7. The summed E-state index contributed by atoms with van der Waals surface area (Å²) < 4.78 is 23.8. The molecule has 39 heavy (non-hydrogen) atoms. The fourth-order valence-corrected chi connectivity index (χ4v) is 4.92.